The molecule has 2 fully saturated rings. The number of hydrogen-bond donors (Lipinski definition) is 1. The Bertz CT molecular complexity index is 1450. The second-order valence-electron chi connectivity index (χ2n) is 8.87. The minimum absolute atomic E-state index is 0.0349. The van der Waals surface area contributed by atoms with Crippen molar-refractivity contribution >= 4 is 46.0 Å². The molecule has 2 saturated heterocycles. The lowest BCUT2D eigenvalue weighted by Crippen LogP contribution is -2.29. The normalized spacial score (nSPS) is 20.3. The van der Waals surface area contributed by atoms with Gasteiger partial charge in [-0.1, -0.05) is 42.5 Å². The molecule has 3 aromatic carbocycles. The highest BCUT2D eigenvalue weighted by Gasteiger charge is 2.40. The monoisotopic (exact) mass is 543 g/mol. The van der Waals surface area contributed by atoms with Gasteiger partial charge in [0.2, 0.25) is 0 Å². The molecule has 1 atom stereocenters. The van der Waals surface area contributed by atoms with E-state index in [0.717, 1.165) is 27.6 Å². The number of anilines is 1. The lowest BCUT2D eigenvalue weighted by molar-refractivity contribution is -0.122. The molecule has 0 spiro atoms. The van der Waals surface area contributed by atoms with Crippen molar-refractivity contribution in [3.05, 3.63) is 105 Å². The molecule has 2 heterocycles. The average molecular weight is 544 g/mol. The van der Waals surface area contributed by atoms with Gasteiger partial charge in [0, 0.05) is 19.3 Å². The van der Waals surface area contributed by atoms with Crippen LogP contribution in [0.15, 0.2) is 87.7 Å². The van der Waals surface area contributed by atoms with Crippen molar-refractivity contribution in [2.75, 3.05) is 24.7 Å². The second kappa shape index (κ2) is 11.3. The smallest absolute Gasteiger partial charge is 0.269 e. The summed E-state index contributed by atoms with van der Waals surface area (Å²) >= 11 is 2.98. The molecular weight excluding hydrogens is 517 g/mol. The third-order valence-electron chi connectivity index (χ3n) is 6.37. The molecule has 2 aliphatic rings. The molecule has 2 aliphatic heterocycles. The van der Waals surface area contributed by atoms with Gasteiger partial charge in [0.15, 0.2) is 5.17 Å². The van der Waals surface area contributed by atoms with Crippen molar-refractivity contribution in [3.8, 4) is 6.07 Å². The lowest BCUT2D eigenvalue weighted by Gasteiger charge is -2.23. The fourth-order valence-corrected chi connectivity index (χ4v) is 7.00. The highest BCUT2D eigenvalue weighted by atomic mass is 32.2. The maximum absolute atomic E-state index is 13.9. The van der Waals surface area contributed by atoms with Crippen LogP contribution >= 0.6 is 23.5 Å². The Kier molecular flexibility index (Phi) is 7.72. The maximum Gasteiger partial charge on any atom is 0.269 e. The van der Waals surface area contributed by atoms with E-state index in [1.807, 2.05) is 50.4 Å². The molecule has 0 bridgehead atoms. The molecule has 0 aliphatic carbocycles. The molecule has 1 unspecified atom stereocenters. The summed E-state index contributed by atoms with van der Waals surface area (Å²) in [5.74, 6) is 0.388. The Morgan fingerprint density at radius 1 is 1.13 bits per heavy atom. The molecule has 0 saturated carbocycles. The van der Waals surface area contributed by atoms with Crippen LogP contribution in [0.3, 0.4) is 0 Å². The first-order valence-electron chi connectivity index (χ1n) is 12.2. The fourth-order valence-electron chi connectivity index (χ4n) is 4.40. The molecule has 192 valence electrons. The summed E-state index contributed by atoms with van der Waals surface area (Å²) in [6, 6.07) is 23.9. The van der Waals surface area contributed by atoms with Gasteiger partial charge in [-0.05, 0) is 60.1 Å². The number of nitrogens with one attached hydrogen (secondary N) is 1. The third kappa shape index (κ3) is 5.28. The Labute approximate surface area is 230 Å². The number of benzene rings is 3. The number of rotatable bonds is 6. The third-order valence-corrected chi connectivity index (χ3v) is 8.82. The molecule has 0 radical (unpaired) electrons. The summed E-state index contributed by atoms with van der Waals surface area (Å²) in [6.45, 7) is 3.08. The van der Waals surface area contributed by atoms with E-state index in [0.29, 0.717) is 34.4 Å². The predicted molar refractivity (Wildman–Crippen MR) is 153 cm³/mol. The lowest BCUT2D eigenvalue weighted by atomic mass is 10.1. The van der Waals surface area contributed by atoms with E-state index >= 15 is 0 Å². The number of amides is 1. The van der Waals surface area contributed by atoms with Crippen molar-refractivity contribution < 1.29 is 9.18 Å². The molecule has 1 amide bonds. The second-order valence-corrected chi connectivity index (χ2v) is 10.9. The highest BCUT2D eigenvalue weighted by Crippen LogP contribution is 2.47. The summed E-state index contributed by atoms with van der Waals surface area (Å²) in [5, 5.41) is 14.2. The highest BCUT2D eigenvalue weighted by molar-refractivity contribution is 8.19. The standard InChI is InChI=1S/C29H26FN5OS2/c1-3-32-23-14-9-20(16-31)15-24(23)33-29-35(17-19-7-5-4-6-8-19)27(36)26(38-29)28-34(2)25(18-37-28)21-10-12-22(30)13-11-21/h4-15,25,32H,3,17-18H2,1-2H3. The minimum atomic E-state index is -0.267. The largest absolute Gasteiger partial charge is 0.384 e. The predicted octanol–water partition coefficient (Wildman–Crippen LogP) is 6.48. The van der Waals surface area contributed by atoms with Crippen LogP contribution < -0.4 is 5.32 Å². The van der Waals surface area contributed by atoms with Gasteiger partial charge in [-0.3, -0.25) is 9.69 Å². The van der Waals surface area contributed by atoms with Crippen molar-refractivity contribution in [1.29, 1.82) is 5.26 Å². The number of carbonyl (C=O) groups excluding carboxylic acids is 1. The number of nitriles is 1. The first-order valence-corrected chi connectivity index (χ1v) is 14.0. The summed E-state index contributed by atoms with van der Waals surface area (Å²) in [5.41, 5.74) is 3.92. The van der Waals surface area contributed by atoms with Crippen LogP contribution in [0.25, 0.3) is 0 Å². The molecule has 9 heteroatoms. The molecule has 1 N–H and O–H groups in total. The topological polar surface area (TPSA) is 71.7 Å². The Balaban J connectivity index is 1.54. The van der Waals surface area contributed by atoms with E-state index in [4.69, 9.17) is 4.99 Å². The van der Waals surface area contributed by atoms with Crippen molar-refractivity contribution in [2.24, 2.45) is 4.99 Å². The van der Waals surface area contributed by atoms with Gasteiger partial charge < -0.3 is 10.2 Å². The maximum atomic E-state index is 13.9. The molecule has 5 rings (SSSR count). The van der Waals surface area contributed by atoms with Crippen molar-refractivity contribution in [2.45, 2.75) is 19.5 Å². The number of hydrogen-bond acceptors (Lipinski definition) is 7. The molecule has 38 heavy (non-hydrogen) atoms. The Morgan fingerprint density at radius 3 is 2.61 bits per heavy atom. The van der Waals surface area contributed by atoms with Crippen LogP contribution in [0.2, 0.25) is 0 Å². The zero-order valence-corrected chi connectivity index (χ0v) is 22.7. The van der Waals surface area contributed by atoms with Crippen LogP contribution in [0, 0.1) is 17.1 Å². The van der Waals surface area contributed by atoms with Gasteiger partial charge in [-0.2, -0.15) is 5.26 Å². The number of aliphatic imine (C=N–C) groups is 1. The molecule has 6 nitrogen and oxygen atoms in total. The van der Waals surface area contributed by atoms with Gasteiger partial charge in [0.25, 0.3) is 5.91 Å². The summed E-state index contributed by atoms with van der Waals surface area (Å²) < 4.78 is 13.5. The van der Waals surface area contributed by atoms with Gasteiger partial charge in [-0.15, -0.1) is 11.8 Å². The molecule has 0 aromatic heterocycles. The van der Waals surface area contributed by atoms with E-state index in [1.165, 1.54) is 23.9 Å². The van der Waals surface area contributed by atoms with Crippen LogP contribution in [0.5, 0.6) is 0 Å². The van der Waals surface area contributed by atoms with E-state index in [2.05, 4.69) is 16.3 Å². The zero-order chi connectivity index (χ0) is 26.6. The van der Waals surface area contributed by atoms with Crippen molar-refractivity contribution in [3.63, 3.8) is 0 Å². The number of thioether (sulfide) groups is 2. The van der Waals surface area contributed by atoms with Crippen LogP contribution in [0.1, 0.15) is 29.7 Å². The number of halogens is 1. The first kappa shape index (κ1) is 25.9. The van der Waals surface area contributed by atoms with Gasteiger partial charge in [0.1, 0.15) is 10.7 Å². The summed E-state index contributed by atoms with van der Waals surface area (Å²) in [4.78, 5) is 23.2. The van der Waals surface area contributed by atoms with E-state index in [1.54, 1.807) is 40.9 Å². The van der Waals surface area contributed by atoms with Crippen LogP contribution in [0.4, 0.5) is 15.8 Å². The molecule has 3 aromatic rings. The van der Waals surface area contributed by atoms with Gasteiger partial charge in [0.05, 0.1) is 40.6 Å². The number of nitrogens with zero attached hydrogens (tertiary/aromatic N) is 4. The van der Waals surface area contributed by atoms with Gasteiger partial charge >= 0.3 is 0 Å². The minimum Gasteiger partial charge on any atom is -0.384 e. The van der Waals surface area contributed by atoms with E-state index in [-0.39, 0.29) is 17.8 Å². The fraction of sp³-hybridized carbons (Fsp3) is 0.207. The Morgan fingerprint density at radius 2 is 1.89 bits per heavy atom. The zero-order valence-electron chi connectivity index (χ0n) is 21.0. The quantitative estimate of drug-likeness (QED) is 0.359. The summed E-state index contributed by atoms with van der Waals surface area (Å²) in [7, 11) is 1.97. The van der Waals surface area contributed by atoms with Crippen LogP contribution in [-0.4, -0.2) is 40.2 Å². The van der Waals surface area contributed by atoms with E-state index in [9.17, 15) is 14.4 Å². The first-order chi connectivity index (χ1) is 18.5. The number of amidine groups is 1. The SMILES string of the molecule is CCNc1ccc(C#N)cc1N=C1SC(=C2SCC(c3ccc(F)cc3)N2C)C(=O)N1Cc1ccccc1. The summed E-state index contributed by atoms with van der Waals surface area (Å²) in [6.07, 6.45) is 0. The van der Waals surface area contributed by atoms with Crippen LogP contribution in [-0.2, 0) is 11.3 Å². The number of carbonyl (C=O) groups is 1. The van der Waals surface area contributed by atoms with Crippen molar-refractivity contribution in [1.82, 2.24) is 9.80 Å². The average Bonchev–Trinajstić information content (AvgIpc) is 3.45. The Hall–Kier alpha value is -3.74. The van der Waals surface area contributed by atoms with E-state index < -0.39 is 0 Å². The molecular formula is C29H26FN5OS2. The van der Waals surface area contributed by atoms with Gasteiger partial charge in [-0.25, -0.2) is 9.38 Å².